The van der Waals surface area contributed by atoms with Crippen molar-refractivity contribution >= 4 is 40.7 Å². The van der Waals surface area contributed by atoms with Gasteiger partial charge >= 0.3 is 0 Å². The van der Waals surface area contributed by atoms with E-state index in [-0.39, 0.29) is 10.9 Å². The molecule has 7 heteroatoms. The number of nitrogens with one attached hydrogen (secondary N) is 1. The Morgan fingerprint density at radius 2 is 1.83 bits per heavy atom. The predicted octanol–water partition coefficient (Wildman–Crippen LogP) is 0.884. The quantitative estimate of drug-likeness (QED) is 0.819. The number of nitrogens with zero attached hydrogens (tertiary/aromatic N) is 2. The molecule has 1 saturated heterocycles. The predicted molar refractivity (Wildman–Crippen MR) is 89.6 cm³/mol. The highest BCUT2D eigenvalue weighted by Gasteiger charge is 2.42. The number of piperazine rings is 1. The van der Waals surface area contributed by atoms with Gasteiger partial charge in [0.25, 0.3) is 11.8 Å². The molecule has 5 nitrogen and oxygen atoms in total. The summed E-state index contributed by atoms with van der Waals surface area (Å²) in [6.45, 7) is 6.50. The van der Waals surface area contributed by atoms with E-state index in [0.717, 1.165) is 37.6 Å². The first-order valence-corrected chi connectivity index (χ1v) is 8.41. The minimum Gasteiger partial charge on any atom is -0.354 e. The summed E-state index contributed by atoms with van der Waals surface area (Å²) in [6, 6.07) is 6.66. The highest BCUT2D eigenvalue weighted by Crippen LogP contribution is 2.32. The van der Waals surface area contributed by atoms with Crippen molar-refractivity contribution in [3.8, 4) is 0 Å². The van der Waals surface area contributed by atoms with Gasteiger partial charge < -0.3 is 9.80 Å². The van der Waals surface area contributed by atoms with Gasteiger partial charge in [-0.1, -0.05) is 29.3 Å². The Morgan fingerprint density at radius 1 is 1.13 bits per heavy atom. The second-order valence-electron chi connectivity index (χ2n) is 5.68. The van der Waals surface area contributed by atoms with Gasteiger partial charge in [-0.05, 0) is 25.1 Å². The van der Waals surface area contributed by atoms with Crippen LogP contribution in [0.25, 0.3) is 0 Å². The molecule has 122 valence electrons. The summed E-state index contributed by atoms with van der Waals surface area (Å²) in [5, 5.41) is 0.461. The number of benzene rings is 1. The van der Waals surface area contributed by atoms with Gasteiger partial charge in [0.15, 0.2) is 0 Å². The number of likely N-dealkylation sites (N-methyl/N-ethyl adjacent to an activating group) is 1. The first kappa shape index (κ1) is 16.3. The van der Waals surface area contributed by atoms with Crippen molar-refractivity contribution in [1.82, 2.24) is 4.90 Å². The maximum atomic E-state index is 12.8. The Kier molecular flexibility index (Phi) is 4.62. The van der Waals surface area contributed by atoms with Crippen LogP contribution in [-0.4, -0.2) is 49.4 Å². The summed E-state index contributed by atoms with van der Waals surface area (Å²) in [7, 11) is 0. The maximum Gasteiger partial charge on any atom is 0.283 e. The van der Waals surface area contributed by atoms with Crippen LogP contribution >= 0.6 is 23.2 Å². The van der Waals surface area contributed by atoms with Crippen LogP contribution in [0.15, 0.2) is 35.0 Å². The largest absolute Gasteiger partial charge is 0.354 e. The van der Waals surface area contributed by atoms with E-state index in [1.54, 1.807) is 24.3 Å². The molecular formula is C16H18Cl2N3O2+. The number of amides is 2. The number of halogens is 2. The van der Waals surface area contributed by atoms with Crippen molar-refractivity contribution in [2.24, 2.45) is 0 Å². The first-order valence-electron chi connectivity index (χ1n) is 7.65. The van der Waals surface area contributed by atoms with Crippen LogP contribution in [0.4, 0.5) is 5.69 Å². The van der Waals surface area contributed by atoms with Crippen LogP contribution in [0.5, 0.6) is 0 Å². The number of carbonyl (C=O) groups excluding carboxylic acids is 2. The lowest BCUT2D eigenvalue weighted by Gasteiger charge is -2.33. The fourth-order valence-corrected chi connectivity index (χ4v) is 3.48. The fraction of sp³-hybridized carbons (Fsp3) is 0.375. The van der Waals surface area contributed by atoms with Gasteiger partial charge in [-0.25, -0.2) is 4.90 Å². The molecule has 2 aliphatic heterocycles. The SMILES string of the molecule is CC[NH+]1CCN(C2=C(Cl)C(=O)N(c3cccc(Cl)c3)C2=O)CC1. The Morgan fingerprint density at radius 3 is 2.43 bits per heavy atom. The molecule has 0 bridgehead atoms. The molecule has 2 aliphatic rings. The zero-order valence-electron chi connectivity index (χ0n) is 12.8. The van der Waals surface area contributed by atoms with E-state index in [1.807, 2.05) is 4.90 Å². The molecular weight excluding hydrogens is 337 g/mol. The molecule has 23 heavy (non-hydrogen) atoms. The van der Waals surface area contributed by atoms with E-state index in [0.29, 0.717) is 16.4 Å². The monoisotopic (exact) mass is 354 g/mol. The third kappa shape index (κ3) is 2.96. The van der Waals surface area contributed by atoms with Crippen molar-refractivity contribution in [2.75, 3.05) is 37.6 Å². The minimum atomic E-state index is -0.487. The number of anilines is 1. The Balaban J connectivity index is 1.85. The van der Waals surface area contributed by atoms with E-state index < -0.39 is 5.91 Å². The molecule has 1 aromatic rings. The number of hydrogen-bond acceptors (Lipinski definition) is 3. The second-order valence-corrected chi connectivity index (χ2v) is 6.49. The standard InChI is InChI=1S/C16H17Cl2N3O2/c1-2-19-6-8-20(9-7-19)14-13(18)15(22)21(16(14)23)12-5-3-4-11(17)10-12/h3-5,10H,2,6-9H2,1H3/p+1. The topological polar surface area (TPSA) is 45.1 Å². The van der Waals surface area contributed by atoms with Gasteiger partial charge in [0.05, 0.1) is 38.4 Å². The van der Waals surface area contributed by atoms with E-state index in [2.05, 4.69) is 6.92 Å². The zero-order chi connectivity index (χ0) is 16.6. The number of imide groups is 1. The summed E-state index contributed by atoms with van der Waals surface area (Å²) in [6.07, 6.45) is 0. The number of hydrogen-bond donors (Lipinski definition) is 1. The zero-order valence-corrected chi connectivity index (χ0v) is 14.3. The average Bonchev–Trinajstić information content (AvgIpc) is 2.77. The van der Waals surface area contributed by atoms with E-state index >= 15 is 0 Å². The fourth-order valence-electron chi connectivity index (χ4n) is 3.02. The van der Waals surface area contributed by atoms with Crippen molar-refractivity contribution in [3.63, 3.8) is 0 Å². The normalized spacial score (nSPS) is 20.0. The summed E-state index contributed by atoms with van der Waals surface area (Å²) in [5.41, 5.74) is 0.755. The van der Waals surface area contributed by atoms with Gasteiger partial charge in [0, 0.05) is 5.02 Å². The highest BCUT2D eigenvalue weighted by atomic mass is 35.5. The lowest BCUT2D eigenvalue weighted by atomic mass is 10.2. The molecule has 1 aromatic carbocycles. The molecule has 0 aliphatic carbocycles. The van der Waals surface area contributed by atoms with E-state index in [1.165, 1.54) is 4.90 Å². The van der Waals surface area contributed by atoms with Crippen molar-refractivity contribution < 1.29 is 14.5 Å². The van der Waals surface area contributed by atoms with Gasteiger partial charge in [-0.15, -0.1) is 0 Å². The highest BCUT2D eigenvalue weighted by molar-refractivity contribution is 6.52. The van der Waals surface area contributed by atoms with Crippen LogP contribution in [0.1, 0.15) is 6.92 Å². The van der Waals surface area contributed by atoms with Gasteiger partial charge in [-0.2, -0.15) is 0 Å². The molecule has 2 amide bonds. The summed E-state index contributed by atoms with van der Waals surface area (Å²) in [5.74, 6) is -0.860. The summed E-state index contributed by atoms with van der Waals surface area (Å²) >= 11 is 12.2. The molecule has 0 unspecified atom stereocenters. The molecule has 0 radical (unpaired) electrons. The minimum absolute atomic E-state index is 0.00470. The summed E-state index contributed by atoms with van der Waals surface area (Å²) in [4.78, 5) is 29.7. The average molecular weight is 355 g/mol. The summed E-state index contributed by atoms with van der Waals surface area (Å²) < 4.78 is 0. The lowest BCUT2D eigenvalue weighted by molar-refractivity contribution is -0.902. The Bertz CT molecular complexity index is 682. The number of rotatable bonds is 3. The molecule has 0 aromatic heterocycles. The van der Waals surface area contributed by atoms with Crippen LogP contribution in [0, 0.1) is 0 Å². The van der Waals surface area contributed by atoms with Crippen molar-refractivity contribution in [2.45, 2.75) is 6.92 Å². The molecule has 0 spiro atoms. The lowest BCUT2D eigenvalue weighted by Crippen LogP contribution is -3.14. The molecule has 0 saturated carbocycles. The molecule has 2 heterocycles. The molecule has 1 fully saturated rings. The van der Waals surface area contributed by atoms with Crippen LogP contribution in [-0.2, 0) is 9.59 Å². The van der Waals surface area contributed by atoms with Crippen molar-refractivity contribution in [3.05, 3.63) is 40.0 Å². The Hall–Kier alpha value is -1.56. The molecule has 3 rings (SSSR count). The van der Waals surface area contributed by atoms with E-state index in [9.17, 15) is 9.59 Å². The molecule has 0 atom stereocenters. The number of carbonyl (C=O) groups is 2. The van der Waals surface area contributed by atoms with Gasteiger partial charge in [0.2, 0.25) is 0 Å². The van der Waals surface area contributed by atoms with Crippen molar-refractivity contribution in [1.29, 1.82) is 0 Å². The smallest absolute Gasteiger partial charge is 0.283 e. The molecule has 1 N–H and O–H groups in total. The third-order valence-corrected chi connectivity index (χ3v) is 4.93. The Labute approximate surface area is 145 Å². The third-order valence-electron chi connectivity index (χ3n) is 4.36. The van der Waals surface area contributed by atoms with Crippen LogP contribution in [0.2, 0.25) is 5.02 Å². The van der Waals surface area contributed by atoms with Crippen LogP contribution in [0.3, 0.4) is 0 Å². The van der Waals surface area contributed by atoms with Crippen LogP contribution < -0.4 is 9.80 Å². The first-order chi connectivity index (χ1) is 11.0. The number of quaternary nitrogens is 1. The van der Waals surface area contributed by atoms with Gasteiger partial charge in [0.1, 0.15) is 10.7 Å². The maximum absolute atomic E-state index is 12.8. The van der Waals surface area contributed by atoms with E-state index in [4.69, 9.17) is 23.2 Å². The van der Waals surface area contributed by atoms with Gasteiger partial charge in [-0.3, -0.25) is 9.59 Å². The second kappa shape index (κ2) is 6.51.